The number of hydrogen-bond donors (Lipinski definition) is 0. The number of hydrogen-bond acceptors (Lipinski definition) is 1. The Morgan fingerprint density at radius 1 is 1.15 bits per heavy atom. The van der Waals surface area contributed by atoms with Crippen molar-refractivity contribution in [3.63, 3.8) is 0 Å². The number of nitrogens with zero attached hydrogens (tertiary/aromatic N) is 2. The molecule has 0 aliphatic carbocycles. The predicted octanol–water partition coefficient (Wildman–Crippen LogP) is 2.29. The van der Waals surface area contributed by atoms with Gasteiger partial charge in [-0.2, -0.15) is 5.10 Å². The minimum atomic E-state index is 0.994. The predicted molar refractivity (Wildman–Crippen MR) is 51.5 cm³/mol. The summed E-state index contributed by atoms with van der Waals surface area (Å²) in [7, 11) is 0. The second-order valence-corrected chi connectivity index (χ2v) is 2.96. The van der Waals surface area contributed by atoms with Crippen molar-refractivity contribution in [1.82, 2.24) is 9.61 Å². The molecule has 1 radical (unpaired) electrons. The van der Waals surface area contributed by atoms with Gasteiger partial charge in [-0.3, -0.25) is 0 Å². The van der Waals surface area contributed by atoms with Crippen molar-refractivity contribution in [3.8, 4) is 0 Å². The molecule has 2 nitrogen and oxygen atoms in total. The molecule has 0 bridgehead atoms. The van der Waals surface area contributed by atoms with Gasteiger partial charge in [0.05, 0.1) is 11.0 Å². The number of rotatable bonds is 0. The zero-order valence-electron chi connectivity index (χ0n) is 6.94. The van der Waals surface area contributed by atoms with Crippen LogP contribution in [0.5, 0.6) is 0 Å². The average Bonchev–Trinajstić information content (AvgIpc) is 2.56. The second-order valence-electron chi connectivity index (χ2n) is 2.96. The average molecular weight is 167 g/mol. The van der Waals surface area contributed by atoms with E-state index < -0.39 is 0 Å². The van der Waals surface area contributed by atoms with E-state index in [1.165, 1.54) is 0 Å². The first kappa shape index (κ1) is 6.66. The lowest BCUT2D eigenvalue weighted by molar-refractivity contribution is 0.982. The van der Waals surface area contributed by atoms with E-state index in [-0.39, 0.29) is 0 Å². The topological polar surface area (TPSA) is 17.3 Å². The number of benzene rings is 1. The maximum Gasteiger partial charge on any atom is 0.0940 e. The smallest absolute Gasteiger partial charge is 0.0940 e. The Balaban J connectivity index is 2.64. The van der Waals surface area contributed by atoms with Crippen LogP contribution in [0.4, 0.5) is 0 Å². The third-order valence-electron chi connectivity index (χ3n) is 2.15. The molecule has 0 unspecified atom stereocenters. The highest BCUT2D eigenvalue weighted by atomic mass is 15.2. The van der Waals surface area contributed by atoms with Crippen LogP contribution in [0.3, 0.4) is 0 Å². The molecule has 0 saturated heterocycles. The van der Waals surface area contributed by atoms with Gasteiger partial charge in [0, 0.05) is 11.6 Å². The Kier molecular flexibility index (Phi) is 1.19. The largest absolute Gasteiger partial charge is 0.240 e. The summed E-state index contributed by atoms with van der Waals surface area (Å²) in [6.07, 6.45) is 1.95. The summed E-state index contributed by atoms with van der Waals surface area (Å²) >= 11 is 0. The van der Waals surface area contributed by atoms with E-state index in [1.54, 1.807) is 0 Å². The fourth-order valence-electron chi connectivity index (χ4n) is 1.55. The minimum Gasteiger partial charge on any atom is -0.240 e. The van der Waals surface area contributed by atoms with E-state index in [1.807, 2.05) is 47.1 Å². The lowest BCUT2D eigenvalue weighted by Crippen LogP contribution is -1.82. The standard InChI is InChI=1S/C11H7N2/c1-2-6-10-9(5-1)11-7-3-4-8-13(11)12-10/h1-4,6-8H. The summed E-state index contributed by atoms with van der Waals surface area (Å²) < 4.78 is 1.88. The van der Waals surface area contributed by atoms with Crippen LogP contribution in [0.1, 0.15) is 0 Å². The monoisotopic (exact) mass is 167 g/mol. The van der Waals surface area contributed by atoms with Crippen LogP contribution in [0.2, 0.25) is 0 Å². The van der Waals surface area contributed by atoms with Crippen LogP contribution in [-0.4, -0.2) is 9.61 Å². The van der Waals surface area contributed by atoms with E-state index >= 15 is 0 Å². The Morgan fingerprint density at radius 3 is 3.15 bits per heavy atom. The zero-order chi connectivity index (χ0) is 8.67. The molecule has 61 valence electrons. The fourth-order valence-corrected chi connectivity index (χ4v) is 1.55. The first-order chi connectivity index (χ1) is 6.45. The quantitative estimate of drug-likeness (QED) is 0.502. The van der Waals surface area contributed by atoms with Gasteiger partial charge < -0.3 is 0 Å². The van der Waals surface area contributed by atoms with E-state index in [0.717, 1.165) is 16.4 Å². The normalized spacial score (nSPS) is 11.1. The Hall–Kier alpha value is -1.83. The minimum absolute atomic E-state index is 0.994. The van der Waals surface area contributed by atoms with E-state index in [9.17, 15) is 0 Å². The molecule has 2 heteroatoms. The highest BCUT2D eigenvalue weighted by Gasteiger charge is 2.01. The molecule has 0 aliphatic rings. The zero-order valence-corrected chi connectivity index (χ0v) is 6.94. The molecular weight excluding hydrogens is 160 g/mol. The molecule has 0 N–H and O–H groups in total. The first-order valence-corrected chi connectivity index (χ1v) is 4.19. The lowest BCUT2D eigenvalue weighted by Gasteiger charge is -1.88. The Bertz CT molecular complexity index is 516. The van der Waals surface area contributed by atoms with Gasteiger partial charge in [0.25, 0.3) is 0 Å². The SMILES string of the molecule is [c]1cccc2nn3ccccc3c12. The Morgan fingerprint density at radius 2 is 2.15 bits per heavy atom. The highest BCUT2D eigenvalue weighted by molar-refractivity contribution is 5.93. The third-order valence-corrected chi connectivity index (χ3v) is 2.15. The van der Waals surface area contributed by atoms with Crippen molar-refractivity contribution in [2.24, 2.45) is 0 Å². The van der Waals surface area contributed by atoms with Crippen LogP contribution in [0.25, 0.3) is 16.4 Å². The number of aromatic nitrogens is 2. The molecule has 3 aromatic rings. The van der Waals surface area contributed by atoms with Crippen LogP contribution >= 0.6 is 0 Å². The summed E-state index contributed by atoms with van der Waals surface area (Å²) in [4.78, 5) is 0. The highest BCUT2D eigenvalue weighted by Crippen LogP contribution is 2.17. The van der Waals surface area contributed by atoms with Gasteiger partial charge in [0.2, 0.25) is 0 Å². The van der Waals surface area contributed by atoms with Crippen LogP contribution < -0.4 is 0 Å². The van der Waals surface area contributed by atoms with Gasteiger partial charge in [-0.15, -0.1) is 0 Å². The van der Waals surface area contributed by atoms with Gasteiger partial charge in [-0.1, -0.05) is 18.2 Å². The maximum atomic E-state index is 4.40. The van der Waals surface area contributed by atoms with Crippen LogP contribution in [0, 0.1) is 6.07 Å². The summed E-state index contributed by atoms with van der Waals surface area (Å²) in [5, 5.41) is 5.49. The number of fused-ring (bicyclic) bond motifs is 3. The molecular formula is C11H7N2. The van der Waals surface area contributed by atoms with Crippen molar-refractivity contribution in [2.75, 3.05) is 0 Å². The molecule has 1 aromatic carbocycles. The molecule has 0 amide bonds. The molecule has 13 heavy (non-hydrogen) atoms. The van der Waals surface area contributed by atoms with Crippen LogP contribution in [-0.2, 0) is 0 Å². The number of pyridine rings is 1. The van der Waals surface area contributed by atoms with Gasteiger partial charge in [-0.25, -0.2) is 4.52 Å². The first-order valence-electron chi connectivity index (χ1n) is 4.19. The van der Waals surface area contributed by atoms with Crippen molar-refractivity contribution >= 4 is 16.4 Å². The van der Waals surface area contributed by atoms with Gasteiger partial charge in [0.1, 0.15) is 0 Å². The third kappa shape index (κ3) is 0.855. The van der Waals surface area contributed by atoms with E-state index in [2.05, 4.69) is 11.2 Å². The fraction of sp³-hybridized carbons (Fsp3) is 0. The van der Waals surface area contributed by atoms with Crippen molar-refractivity contribution in [1.29, 1.82) is 0 Å². The van der Waals surface area contributed by atoms with Crippen LogP contribution in [0.15, 0.2) is 42.6 Å². The van der Waals surface area contributed by atoms with E-state index in [4.69, 9.17) is 0 Å². The molecule has 0 aliphatic heterocycles. The summed E-state index contributed by atoms with van der Waals surface area (Å²) in [6.45, 7) is 0. The van der Waals surface area contributed by atoms with Gasteiger partial charge in [0.15, 0.2) is 0 Å². The van der Waals surface area contributed by atoms with Crippen molar-refractivity contribution in [3.05, 3.63) is 48.7 Å². The van der Waals surface area contributed by atoms with Crippen molar-refractivity contribution < 1.29 is 0 Å². The molecule has 3 rings (SSSR count). The van der Waals surface area contributed by atoms with Gasteiger partial charge in [-0.05, 0) is 24.3 Å². The lowest BCUT2D eigenvalue weighted by atomic mass is 10.2. The Labute approximate surface area is 75.4 Å². The molecule has 0 spiro atoms. The summed E-state index contributed by atoms with van der Waals surface area (Å²) in [5.74, 6) is 0. The summed E-state index contributed by atoms with van der Waals surface area (Å²) in [5.41, 5.74) is 2.10. The summed E-state index contributed by atoms with van der Waals surface area (Å²) in [6, 6.07) is 15.1. The molecule has 0 fully saturated rings. The van der Waals surface area contributed by atoms with Crippen molar-refractivity contribution in [2.45, 2.75) is 0 Å². The molecule has 2 heterocycles. The maximum absolute atomic E-state index is 4.40. The second kappa shape index (κ2) is 2.33. The van der Waals surface area contributed by atoms with E-state index in [0.29, 0.717) is 0 Å². The van der Waals surface area contributed by atoms with Gasteiger partial charge >= 0.3 is 0 Å². The molecule has 0 atom stereocenters. The molecule has 2 aromatic heterocycles. The molecule has 0 saturated carbocycles.